The lowest BCUT2D eigenvalue weighted by Crippen LogP contribution is -2.45. The molecule has 7 heteroatoms. The number of carbonyl (C=O) groups excluding carboxylic acids is 2. The molecule has 2 aliphatic heterocycles. The number of benzene rings is 1. The Morgan fingerprint density at radius 3 is 2.36 bits per heavy atom. The van der Waals surface area contributed by atoms with Crippen molar-refractivity contribution < 1.29 is 24.4 Å². The number of rotatable bonds is 3. The fourth-order valence-electron chi connectivity index (χ4n) is 6.86. The second kappa shape index (κ2) is 8.59. The first-order valence-electron chi connectivity index (χ1n) is 12.5. The van der Waals surface area contributed by atoms with Crippen molar-refractivity contribution in [2.75, 3.05) is 0 Å². The van der Waals surface area contributed by atoms with Gasteiger partial charge in [-0.1, -0.05) is 31.8 Å². The number of hydrogen-bond donors (Lipinski definition) is 2. The van der Waals surface area contributed by atoms with E-state index in [9.17, 15) is 19.7 Å². The Kier molecular flexibility index (Phi) is 5.90. The maximum Gasteiger partial charge on any atom is 0.487 e. The van der Waals surface area contributed by atoms with Crippen LogP contribution in [0.1, 0.15) is 81.1 Å². The molecule has 4 aliphatic rings. The van der Waals surface area contributed by atoms with Gasteiger partial charge in [0.25, 0.3) is 0 Å². The molecule has 33 heavy (non-hydrogen) atoms. The number of allylic oxidation sites excluding steroid dienone is 2. The van der Waals surface area contributed by atoms with Gasteiger partial charge in [-0.05, 0) is 86.2 Å². The number of fused-ring (bicyclic) bond motifs is 3. The van der Waals surface area contributed by atoms with E-state index in [4.69, 9.17) is 4.65 Å². The minimum Gasteiger partial charge on any atom is -0.507 e. The summed E-state index contributed by atoms with van der Waals surface area (Å²) in [6, 6.07) is 3.82. The standard InChI is InChI=1S/C26H34BNO5/c1-4-16-12-20-22(26(31)28(25(20)30)18-8-6-5-7-9-18)19-13-21(33-27(32)23(16)19)17-10-14(2)24(29)15(3)11-17/h10-11,18-22,29,32H,4-9,12-13H2,1-3H3/t19-,20-,21-,22+/m0/s1. The average Bonchev–Trinajstić information content (AvgIpc) is 3.06. The Morgan fingerprint density at radius 1 is 1.06 bits per heavy atom. The third-order valence-electron chi connectivity index (χ3n) is 8.50. The molecule has 3 fully saturated rings. The van der Waals surface area contributed by atoms with Crippen molar-refractivity contribution in [2.24, 2.45) is 17.8 Å². The molecule has 2 N–H and O–H groups in total. The summed E-state index contributed by atoms with van der Waals surface area (Å²) in [6.07, 6.45) is 6.56. The van der Waals surface area contributed by atoms with Gasteiger partial charge < -0.3 is 14.8 Å². The second-order valence-corrected chi connectivity index (χ2v) is 10.4. The van der Waals surface area contributed by atoms with Crippen molar-refractivity contribution in [2.45, 2.75) is 84.3 Å². The normalized spacial score (nSPS) is 30.7. The van der Waals surface area contributed by atoms with Crippen molar-refractivity contribution in [1.29, 1.82) is 0 Å². The fraction of sp³-hybridized carbons (Fsp3) is 0.615. The number of imide groups is 1. The predicted octanol–water partition coefficient (Wildman–Crippen LogP) is 4.15. The Balaban J connectivity index is 1.51. The van der Waals surface area contributed by atoms with Crippen LogP contribution in [0.5, 0.6) is 5.75 Å². The summed E-state index contributed by atoms with van der Waals surface area (Å²) in [5.74, 6) is -0.716. The van der Waals surface area contributed by atoms with Crippen LogP contribution in [-0.2, 0) is 14.2 Å². The van der Waals surface area contributed by atoms with Crippen LogP contribution in [0.4, 0.5) is 0 Å². The van der Waals surface area contributed by atoms with E-state index in [0.29, 0.717) is 12.8 Å². The third-order valence-corrected chi connectivity index (χ3v) is 8.50. The number of aromatic hydroxyl groups is 1. The van der Waals surface area contributed by atoms with Crippen LogP contribution < -0.4 is 0 Å². The summed E-state index contributed by atoms with van der Waals surface area (Å²) >= 11 is 0. The number of nitrogens with zero attached hydrogens (tertiary/aromatic N) is 1. The summed E-state index contributed by atoms with van der Waals surface area (Å²) in [5, 5.41) is 21.3. The smallest absolute Gasteiger partial charge is 0.487 e. The van der Waals surface area contributed by atoms with Crippen molar-refractivity contribution in [1.82, 2.24) is 4.90 Å². The van der Waals surface area contributed by atoms with Gasteiger partial charge in [0.2, 0.25) is 11.8 Å². The van der Waals surface area contributed by atoms with Gasteiger partial charge in [-0.2, -0.15) is 0 Å². The number of amides is 2. The lowest BCUT2D eigenvalue weighted by Gasteiger charge is -2.42. The van der Waals surface area contributed by atoms with Crippen LogP contribution in [-0.4, -0.2) is 40.0 Å². The highest BCUT2D eigenvalue weighted by molar-refractivity contribution is 6.53. The molecular weight excluding hydrogens is 417 g/mol. The molecule has 1 aromatic carbocycles. The number of hydrogen-bond acceptors (Lipinski definition) is 5. The molecule has 1 saturated carbocycles. The van der Waals surface area contributed by atoms with E-state index in [1.807, 2.05) is 32.9 Å². The number of phenols is 1. The zero-order valence-electron chi connectivity index (χ0n) is 19.8. The first-order valence-corrected chi connectivity index (χ1v) is 12.5. The zero-order chi connectivity index (χ0) is 23.4. The molecule has 0 bridgehead atoms. The molecule has 4 atom stereocenters. The lowest BCUT2D eigenvalue weighted by molar-refractivity contribution is -0.143. The molecule has 1 aromatic rings. The number of phenolic OH excluding ortho intramolecular Hbond substituents is 1. The maximum absolute atomic E-state index is 13.7. The van der Waals surface area contributed by atoms with Crippen molar-refractivity contribution in [3.63, 3.8) is 0 Å². The molecule has 0 spiro atoms. The Labute approximate surface area is 196 Å². The average molecular weight is 451 g/mol. The highest BCUT2D eigenvalue weighted by Gasteiger charge is 2.58. The number of carbonyl (C=O) groups is 2. The van der Waals surface area contributed by atoms with Gasteiger partial charge in [-0.25, -0.2) is 0 Å². The predicted molar refractivity (Wildman–Crippen MR) is 125 cm³/mol. The Bertz CT molecular complexity index is 991. The van der Waals surface area contributed by atoms with E-state index in [1.165, 1.54) is 6.42 Å². The van der Waals surface area contributed by atoms with Gasteiger partial charge in [0, 0.05) is 6.04 Å². The van der Waals surface area contributed by atoms with E-state index in [0.717, 1.165) is 59.8 Å². The van der Waals surface area contributed by atoms with E-state index in [-0.39, 0.29) is 35.4 Å². The summed E-state index contributed by atoms with van der Waals surface area (Å²) in [7, 11) is -1.08. The van der Waals surface area contributed by atoms with Gasteiger partial charge in [0.05, 0.1) is 17.9 Å². The summed E-state index contributed by atoms with van der Waals surface area (Å²) in [5.41, 5.74) is 4.30. The molecule has 176 valence electrons. The first kappa shape index (κ1) is 22.7. The van der Waals surface area contributed by atoms with E-state index in [1.54, 1.807) is 4.90 Å². The van der Waals surface area contributed by atoms with Crippen molar-refractivity contribution >= 4 is 18.9 Å². The monoisotopic (exact) mass is 451 g/mol. The summed E-state index contributed by atoms with van der Waals surface area (Å²) in [6.45, 7) is 5.75. The molecule has 0 radical (unpaired) electrons. The van der Waals surface area contributed by atoms with Gasteiger partial charge in [0.15, 0.2) is 0 Å². The van der Waals surface area contributed by atoms with Crippen LogP contribution in [0.3, 0.4) is 0 Å². The molecule has 0 unspecified atom stereocenters. The fourth-order valence-corrected chi connectivity index (χ4v) is 6.86. The minimum absolute atomic E-state index is 0.00393. The minimum atomic E-state index is -1.08. The van der Waals surface area contributed by atoms with Crippen LogP contribution in [0.25, 0.3) is 0 Å². The van der Waals surface area contributed by atoms with Gasteiger partial charge in [-0.15, -0.1) is 0 Å². The molecule has 6 nitrogen and oxygen atoms in total. The lowest BCUT2D eigenvalue weighted by atomic mass is 9.55. The molecular formula is C26H34BNO5. The summed E-state index contributed by atoms with van der Waals surface area (Å²) < 4.78 is 6.08. The molecule has 2 saturated heterocycles. The van der Waals surface area contributed by atoms with E-state index < -0.39 is 19.1 Å². The largest absolute Gasteiger partial charge is 0.507 e. The first-order chi connectivity index (χ1) is 15.8. The highest BCUT2D eigenvalue weighted by atomic mass is 16.5. The zero-order valence-corrected chi connectivity index (χ0v) is 19.8. The van der Waals surface area contributed by atoms with Crippen molar-refractivity contribution in [3.05, 3.63) is 39.9 Å². The SMILES string of the molecule is CCC1=C2B(O)O[C@H](c3cc(C)c(O)c(C)c3)C[C@H]2[C@H]2C(=O)N(C3CCCCC3)C(=O)[C@H]2C1. The highest BCUT2D eigenvalue weighted by Crippen LogP contribution is 2.52. The molecule has 5 rings (SSSR count). The summed E-state index contributed by atoms with van der Waals surface area (Å²) in [4.78, 5) is 28.8. The molecule has 2 aliphatic carbocycles. The maximum atomic E-state index is 13.7. The third kappa shape index (κ3) is 3.64. The topological polar surface area (TPSA) is 87.1 Å². The van der Waals surface area contributed by atoms with Gasteiger partial charge >= 0.3 is 7.12 Å². The van der Waals surface area contributed by atoms with Gasteiger partial charge in [0.1, 0.15) is 5.75 Å². The Morgan fingerprint density at radius 2 is 1.73 bits per heavy atom. The van der Waals surface area contributed by atoms with E-state index >= 15 is 0 Å². The number of aryl methyl sites for hydroxylation is 2. The quantitative estimate of drug-likeness (QED) is 0.533. The van der Waals surface area contributed by atoms with Gasteiger partial charge in [-0.3, -0.25) is 14.5 Å². The van der Waals surface area contributed by atoms with Crippen LogP contribution in [0.15, 0.2) is 23.2 Å². The Hall–Kier alpha value is -2.12. The van der Waals surface area contributed by atoms with Crippen LogP contribution in [0, 0.1) is 31.6 Å². The van der Waals surface area contributed by atoms with Crippen molar-refractivity contribution in [3.8, 4) is 5.75 Å². The molecule has 0 aromatic heterocycles. The molecule has 2 amide bonds. The van der Waals surface area contributed by atoms with Crippen LogP contribution >= 0.6 is 0 Å². The number of likely N-dealkylation sites (tertiary alicyclic amines) is 1. The van der Waals surface area contributed by atoms with Crippen LogP contribution in [0.2, 0.25) is 0 Å². The second-order valence-electron chi connectivity index (χ2n) is 10.4. The van der Waals surface area contributed by atoms with E-state index in [2.05, 4.69) is 0 Å². The molecule has 2 heterocycles.